The summed E-state index contributed by atoms with van der Waals surface area (Å²) in [6.07, 6.45) is 9.29. The van der Waals surface area contributed by atoms with Crippen LogP contribution in [0, 0.1) is 17.2 Å². The summed E-state index contributed by atoms with van der Waals surface area (Å²) in [5.41, 5.74) is 3.02. The van der Waals surface area contributed by atoms with E-state index in [0.717, 1.165) is 99.6 Å². The number of nitrogens with one attached hydrogen (secondary N) is 2. The monoisotopic (exact) mass is 796 g/mol. The molecule has 2 atom stereocenters. The van der Waals surface area contributed by atoms with Gasteiger partial charge in [-0.3, -0.25) is 44.1 Å². The molecule has 5 aliphatic rings. The van der Waals surface area contributed by atoms with Crippen molar-refractivity contribution in [3.63, 3.8) is 0 Å². The molecule has 302 valence electrons. The first-order valence-electron chi connectivity index (χ1n) is 20.4. The highest BCUT2D eigenvalue weighted by Crippen LogP contribution is 2.33. The Morgan fingerprint density at radius 1 is 0.864 bits per heavy atom. The molecule has 59 heavy (non-hydrogen) atoms. The molecule has 1 saturated carbocycles. The molecule has 0 radical (unpaired) electrons. The third-order valence-electron chi connectivity index (χ3n) is 12.3. The van der Waals surface area contributed by atoms with Crippen molar-refractivity contribution < 1.29 is 28.7 Å². The molecule has 2 aromatic heterocycles. The Hall–Kier alpha value is -6.47. The van der Waals surface area contributed by atoms with Crippen molar-refractivity contribution in [2.45, 2.75) is 63.1 Å². The maximum Gasteiger partial charge on any atom is 0.262 e. The Morgan fingerprint density at radius 2 is 1.64 bits per heavy atom. The van der Waals surface area contributed by atoms with Gasteiger partial charge in [0, 0.05) is 87.9 Å². The molecule has 9 rings (SSSR count). The standard InChI is InChI=1S/C43H44N10O6/c44-21-27-3-11-36(33-2-1-14-45-38(27)33)59-31-7-4-29(5-8-31)48-39(55)28-22-46-43(47-23-28)52-15-13-26(25-52)24-50-16-18-51(19-17-50)30-6-9-32-34(20-30)42(58)53(41(32)57)35-10-12-37(54)49-40(35)56/h1-3,6,9,11,14,20,22-23,26,29,31,35H,4-5,7-8,10,12-13,15-19,24-25H2,(H,48,55)(H,49,54,56)/t26-,29-,31-,35?/m1/s1. The van der Waals surface area contributed by atoms with Crippen LogP contribution in [0.1, 0.15) is 81.6 Å². The Balaban J connectivity index is 0.716. The van der Waals surface area contributed by atoms with Crippen LogP contribution < -0.4 is 25.2 Å². The Bertz CT molecular complexity index is 2370. The van der Waals surface area contributed by atoms with Crippen molar-refractivity contribution in [3.8, 4) is 11.8 Å². The molecular formula is C43H44N10O6. The van der Waals surface area contributed by atoms with Crippen LogP contribution in [0.25, 0.3) is 10.9 Å². The van der Waals surface area contributed by atoms with Gasteiger partial charge in [-0.1, -0.05) is 0 Å². The average Bonchev–Trinajstić information content (AvgIpc) is 3.83. The lowest BCUT2D eigenvalue weighted by atomic mass is 9.92. The molecule has 5 amide bonds. The summed E-state index contributed by atoms with van der Waals surface area (Å²) in [7, 11) is 0. The quantitative estimate of drug-likeness (QED) is 0.235. The number of ether oxygens (including phenoxy) is 1. The number of hydrogen-bond acceptors (Lipinski definition) is 13. The van der Waals surface area contributed by atoms with Crippen LogP contribution >= 0.6 is 0 Å². The molecule has 0 bridgehead atoms. The second-order valence-electron chi connectivity index (χ2n) is 16.0. The summed E-state index contributed by atoms with van der Waals surface area (Å²) >= 11 is 0. The van der Waals surface area contributed by atoms with Gasteiger partial charge in [-0.2, -0.15) is 5.26 Å². The van der Waals surface area contributed by atoms with E-state index in [1.807, 2.05) is 24.3 Å². The molecule has 1 unspecified atom stereocenters. The van der Waals surface area contributed by atoms with E-state index in [1.165, 1.54) is 0 Å². The number of piperazine rings is 1. The van der Waals surface area contributed by atoms with Crippen LogP contribution in [-0.4, -0.2) is 118 Å². The van der Waals surface area contributed by atoms with Crippen LogP contribution in [0.2, 0.25) is 0 Å². The van der Waals surface area contributed by atoms with E-state index in [9.17, 15) is 29.2 Å². The molecule has 2 aromatic carbocycles. The molecule has 3 saturated heterocycles. The van der Waals surface area contributed by atoms with Gasteiger partial charge in [0.15, 0.2) is 0 Å². The maximum atomic E-state index is 13.3. The number of amides is 5. The van der Waals surface area contributed by atoms with Crippen molar-refractivity contribution in [2.75, 3.05) is 55.6 Å². The van der Waals surface area contributed by atoms with Gasteiger partial charge in [-0.25, -0.2) is 9.97 Å². The zero-order chi connectivity index (χ0) is 40.6. The predicted octanol–water partition coefficient (Wildman–Crippen LogP) is 3.07. The first kappa shape index (κ1) is 38.1. The minimum atomic E-state index is -0.983. The smallest absolute Gasteiger partial charge is 0.262 e. The number of rotatable bonds is 9. The molecule has 16 heteroatoms. The summed E-state index contributed by atoms with van der Waals surface area (Å²) in [6.45, 7) is 5.85. The molecule has 2 N–H and O–H groups in total. The SMILES string of the molecule is N#Cc1ccc(O[C@H]2CC[C@H](NC(=O)c3cnc(N4CC[C@H](CN5CCN(c6ccc7c(c6)C(=O)N(C6CCC(=O)NC6=O)C7=O)CC5)C4)nc3)CC2)c2cccnc12. The van der Waals surface area contributed by atoms with Crippen LogP contribution in [0.15, 0.2) is 61.1 Å². The molecule has 0 spiro atoms. The fraction of sp³-hybridized carbons (Fsp3) is 0.419. The van der Waals surface area contributed by atoms with E-state index >= 15 is 0 Å². The van der Waals surface area contributed by atoms with Gasteiger partial charge < -0.3 is 19.9 Å². The van der Waals surface area contributed by atoms with Gasteiger partial charge in [0.25, 0.3) is 17.7 Å². The van der Waals surface area contributed by atoms with Crippen LogP contribution in [0.4, 0.5) is 11.6 Å². The Morgan fingerprint density at radius 3 is 2.41 bits per heavy atom. The Kier molecular flexibility index (Phi) is 10.4. The van der Waals surface area contributed by atoms with E-state index in [1.54, 1.807) is 36.8 Å². The number of nitrogens with zero attached hydrogens (tertiary/aromatic N) is 8. The van der Waals surface area contributed by atoms with Gasteiger partial charge in [-0.15, -0.1) is 0 Å². The van der Waals surface area contributed by atoms with E-state index in [2.05, 4.69) is 46.4 Å². The number of aromatic nitrogens is 3. The van der Waals surface area contributed by atoms with E-state index in [4.69, 9.17) is 4.74 Å². The fourth-order valence-corrected chi connectivity index (χ4v) is 9.09. The van der Waals surface area contributed by atoms with Gasteiger partial charge in [-0.05, 0) is 86.9 Å². The number of carbonyl (C=O) groups is 5. The zero-order valence-corrected chi connectivity index (χ0v) is 32.5. The van der Waals surface area contributed by atoms with E-state index < -0.39 is 29.7 Å². The minimum absolute atomic E-state index is 0.0107. The molecule has 4 aliphatic heterocycles. The highest BCUT2D eigenvalue weighted by molar-refractivity contribution is 6.23. The van der Waals surface area contributed by atoms with Crippen LogP contribution in [0.5, 0.6) is 5.75 Å². The van der Waals surface area contributed by atoms with Crippen molar-refractivity contribution in [1.82, 2.24) is 35.4 Å². The fourth-order valence-electron chi connectivity index (χ4n) is 9.09. The number of fused-ring (bicyclic) bond motifs is 2. The average molecular weight is 797 g/mol. The topological polar surface area (TPSA) is 194 Å². The van der Waals surface area contributed by atoms with Crippen molar-refractivity contribution in [2.24, 2.45) is 5.92 Å². The lowest BCUT2D eigenvalue weighted by Gasteiger charge is -2.37. The maximum absolute atomic E-state index is 13.3. The second kappa shape index (κ2) is 16.1. The van der Waals surface area contributed by atoms with Gasteiger partial charge >= 0.3 is 0 Å². The van der Waals surface area contributed by atoms with Crippen molar-refractivity contribution >= 4 is 52.1 Å². The normalized spacial score (nSPS) is 23.6. The largest absolute Gasteiger partial charge is 0.490 e. The highest BCUT2D eigenvalue weighted by atomic mass is 16.5. The number of benzene rings is 2. The summed E-state index contributed by atoms with van der Waals surface area (Å²) < 4.78 is 6.35. The highest BCUT2D eigenvalue weighted by Gasteiger charge is 2.45. The van der Waals surface area contributed by atoms with Crippen molar-refractivity contribution in [3.05, 3.63) is 83.3 Å². The third-order valence-corrected chi connectivity index (χ3v) is 12.3. The predicted molar refractivity (Wildman–Crippen MR) is 215 cm³/mol. The number of pyridine rings is 1. The molecular weight excluding hydrogens is 753 g/mol. The number of imide groups is 2. The minimum Gasteiger partial charge on any atom is -0.490 e. The van der Waals surface area contributed by atoms with Crippen LogP contribution in [0.3, 0.4) is 0 Å². The lowest BCUT2D eigenvalue weighted by molar-refractivity contribution is -0.136. The van der Waals surface area contributed by atoms with E-state index in [-0.39, 0.29) is 36.5 Å². The van der Waals surface area contributed by atoms with E-state index in [0.29, 0.717) is 34.1 Å². The lowest BCUT2D eigenvalue weighted by Crippen LogP contribution is -2.54. The summed E-state index contributed by atoms with van der Waals surface area (Å²) in [6, 6.07) is 13.9. The Labute approximate surface area is 340 Å². The molecule has 6 heterocycles. The second-order valence-corrected chi connectivity index (χ2v) is 16.0. The summed E-state index contributed by atoms with van der Waals surface area (Å²) in [5.74, 6) is -0.407. The molecule has 16 nitrogen and oxygen atoms in total. The van der Waals surface area contributed by atoms with Gasteiger partial charge in [0.05, 0.1) is 33.9 Å². The number of piperidine rings is 1. The summed E-state index contributed by atoms with van der Waals surface area (Å²) in [5, 5.41) is 15.7. The van der Waals surface area contributed by atoms with Gasteiger partial charge in [0.1, 0.15) is 17.9 Å². The number of hydrogen-bond donors (Lipinski definition) is 2. The number of anilines is 2. The number of carbonyl (C=O) groups excluding carboxylic acids is 5. The first-order valence-corrected chi connectivity index (χ1v) is 20.4. The number of nitriles is 1. The zero-order valence-electron chi connectivity index (χ0n) is 32.5. The first-order chi connectivity index (χ1) is 28.7. The third kappa shape index (κ3) is 7.65. The molecule has 4 aromatic rings. The van der Waals surface area contributed by atoms with Crippen molar-refractivity contribution in [1.29, 1.82) is 5.26 Å². The molecule has 4 fully saturated rings. The van der Waals surface area contributed by atoms with Gasteiger partial charge in [0.2, 0.25) is 17.8 Å². The molecule has 1 aliphatic carbocycles. The summed E-state index contributed by atoms with van der Waals surface area (Å²) in [4.78, 5) is 85.0. The van der Waals surface area contributed by atoms with Crippen LogP contribution in [-0.2, 0) is 9.59 Å².